The Bertz CT molecular complexity index is 422. The molecule has 0 amide bonds. The number of aromatic nitrogens is 3. The molecule has 15 heavy (non-hydrogen) atoms. The van der Waals surface area contributed by atoms with Crippen LogP contribution >= 0.6 is 0 Å². The predicted octanol–water partition coefficient (Wildman–Crippen LogP) is 1.19. The summed E-state index contributed by atoms with van der Waals surface area (Å²) in [5, 5.41) is 17.2. The zero-order valence-electron chi connectivity index (χ0n) is 8.54. The first-order valence-corrected chi connectivity index (χ1v) is 4.90. The van der Waals surface area contributed by atoms with Crippen molar-refractivity contribution in [2.24, 2.45) is 0 Å². The van der Waals surface area contributed by atoms with E-state index in [1.54, 1.807) is 11.6 Å². The SMILES string of the molecule is C[C@@H](O)Cc1cn(-c2ccccc2)nn1. The first-order chi connectivity index (χ1) is 7.25. The van der Waals surface area contributed by atoms with Crippen molar-refractivity contribution >= 4 is 0 Å². The van der Waals surface area contributed by atoms with Crippen LogP contribution in [0.5, 0.6) is 0 Å². The van der Waals surface area contributed by atoms with Crippen LogP contribution in [0.25, 0.3) is 5.69 Å². The van der Waals surface area contributed by atoms with Gasteiger partial charge in [0.2, 0.25) is 0 Å². The fourth-order valence-electron chi connectivity index (χ4n) is 1.40. The van der Waals surface area contributed by atoms with E-state index in [9.17, 15) is 5.11 Å². The monoisotopic (exact) mass is 203 g/mol. The summed E-state index contributed by atoms with van der Waals surface area (Å²) in [4.78, 5) is 0. The number of benzene rings is 1. The number of aliphatic hydroxyl groups excluding tert-OH is 1. The molecule has 0 saturated carbocycles. The summed E-state index contributed by atoms with van der Waals surface area (Å²) in [5.74, 6) is 0. The minimum Gasteiger partial charge on any atom is -0.393 e. The van der Waals surface area contributed by atoms with Crippen LogP contribution in [0.1, 0.15) is 12.6 Å². The predicted molar refractivity (Wildman–Crippen MR) is 56.7 cm³/mol. The molecule has 2 rings (SSSR count). The molecule has 0 fully saturated rings. The number of hydrogen-bond acceptors (Lipinski definition) is 3. The molecule has 1 aromatic heterocycles. The number of aliphatic hydroxyl groups is 1. The van der Waals surface area contributed by atoms with Gasteiger partial charge in [-0.25, -0.2) is 4.68 Å². The standard InChI is InChI=1S/C11H13N3O/c1-9(15)7-10-8-14(13-12-10)11-5-3-2-4-6-11/h2-6,8-9,15H,7H2,1H3/t9-/m1/s1. The van der Waals surface area contributed by atoms with Gasteiger partial charge in [0.05, 0.1) is 23.7 Å². The largest absolute Gasteiger partial charge is 0.393 e. The first-order valence-electron chi connectivity index (χ1n) is 4.90. The molecule has 4 heteroatoms. The average Bonchev–Trinajstić information content (AvgIpc) is 2.67. The number of para-hydroxylation sites is 1. The van der Waals surface area contributed by atoms with Crippen molar-refractivity contribution in [1.82, 2.24) is 15.0 Å². The van der Waals surface area contributed by atoms with Crippen molar-refractivity contribution in [3.05, 3.63) is 42.2 Å². The van der Waals surface area contributed by atoms with Crippen LogP contribution in [-0.4, -0.2) is 26.2 Å². The second-order valence-corrected chi connectivity index (χ2v) is 3.54. The molecule has 0 spiro atoms. The van der Waals surface area contributed by atoms with Crippen molar-refractivity contribution in [2.45, 2.75) is 19.4 Å². The maximum atomic E-state index is 9.21. The van der Waals surface area contributed by atoms with Crippen LogP contribution in [0.15, 0.2) is 36.5 Å². The Morgan fingerprint density at radius 3 is 2.73 bits per heavy atom. The van der Waals surface area contributed by atoms with Gasteiger partial charge in [-0.3, -0.25) is 0 Å². The van der Waals surface area contributed by atoms with E-state index < -0.39 is 0 Å². The molecule has 0 aliphatic carbocycles. The molecule has 1 atom stereocenters. The molecule has 0 unspecified atom stereocenters. The number of rotatable bonds is 3. The second kappa shape index (κ2) is 4.23. The summed E-state index contributed by atoms with van der Waals surface area (Å²) in [6.45, 7) is 1.74. The summed E-state index contributed by atoms with van der Waals surface area (Å²) in [6.07, 6.45) is 1.99. The molecule has 78 valence electrons. The Kier molecular flexibility index (Phi) is 2.78. The van der Waals surface area contributed by atoms with Crippen LogP contribution in [0, 0.1) is 0 Å². The van der Waals surface area contributed by atoms with Gasteiger partial charge in [-0.05, 0) is 19.1 Å². The van der Waals surface area contributed by atoms with E-state index in [0.29, 0.717) is 6.42 Å². The van der Waals surface area contributed by atoms with E-state index in [2.05, 4.69) is 10.3 Å². The van der Waals surface area contributed by atoms with Crippen molar-refractivity contribution < 1.29 is 5.11 Å². The van der Waals surface area contributed by atoms with E-state index in [4.69, 9.17) is 0 Å². The lowest BCUT2D eigenvalue weighted by molar-refractivity contribution is 0.194. The fraction of sp³-hybridized carbons (Fsp3) is 0.273. The van der Waals surface area contributed by atoms with Crippen molar-refractivity contribution in [2.75, 3.05) is 0 Å². The molecule has 1 aromatic carbocycles. The van der Waals surface area contributed by atoms with Crippen molar-refractivity contribution in [1.29, 1.82) is 0 Å². The molecule has 0 aliphatic rings. The van der Waals surface area contributed by atoms with Gasteiger partial charge in [0.1, 0.15) is 0 Å². The van der Waals surface area contributed by atoms with Crippen LogP contribution in [-0.2, 0) is 6.42 Å². The molecule has 4 nitrogen and oxygen atoms in total. The molecule has 1 N–H and O–H groups in total. The zero-order valence-corrected chi connectivity index (χ0v) is 8.54. The van der Waals surface area contributed by atoms with Gasteiger partial charge < -0.3 is 5.11 Å². The summed E-state index contributed by atoms with van der Waals surface area (Å²) >= 11 is 0. The third-order valence-electron chi connectivity index (χ3n) is 2.07. The molecule has 1 heterocycles. The summed E-state index contributed by atoms with van der Waals surface area (Å²) in [6, 6.07) is 9.77. The van der Waals surface area contributed by atoms with Gasteiger partial charge >= 0.3 is 0 Å². The molecular weight excluding hydrogens is 190 g/mol. The van der Waals surface area contributed by atoms with Gasteiger partial charge in [-0.2, -0.15) is 0 Å². The van der Waals surface area contributed by atoms with Crippen LogP contribution in [0.4, 0.5) is 0 Å². The highest BCUT2D eigenvalue weighted by atomic mass is 16.3. The molecule has 2 aromatic rings. The normalized spacial score (nSPS) is 12.7. The third-order valence-corrected chi connectivity index (χ3v) is 2.07. The highest BCUT2D eigenvalue weighted by Gasteiger charge is 2.04. The topological polar surface area (TPSA) is 50.9 Å². The quantitative estimate of drug-likeness (QED) is 0.815. The van der Waals surface area contributed by atoms with Gasteiger partial charge in [-0.15, -0.1) is 5.10 Å². The Balaban J connectivity index is 2.21. The zero-order chi connectivity index (χ0) is 10.7. The Morgan fingerprint density at radius 1 is 1.33 bits per heavy atom. The van der Waals surface area contributed by atoms with Gasteiger partial charge in [0.15, 0.2) is 0 Å². The van der Waals surface area contributed by atoms with Crippen LogP contribution in [0.2, 0.25) is 0 Å². The first kappa shape index (κ1) is 9.86. The average molecular weight is 203 g/mol. The Hall–Kier alpha value is -1.68. The molecular formula is C11H13N3O. The summed E-state index contributed by atoms with van der Waals surface area (Å²) in [7, 11) is 0. The lowest BCUT2D eigenvalue weighted by Gasteiger charge is -1.98. The maximum absolute atomic E-state index is 9.21. The van der Waals surface area contributed by atoms with E-state index in [-0.39, 0.29) is 6.10 Å². The summed E-state index contributed by atoms with van der Waals surface area (Å²) < 4.78 is 1.71. The maximum Gasteiger partial charge on any atom is 0.0857 e. The second-order valence-electron chi connectivity index (χ2n) is 3.54. The van der Waals surface area contributed by atoms with Crippen LogP contribution < -0.4 is 0 Å². The Morgan fingerprint density at radius 2 is 2.07 bits per heavy atom. The van der Waals surface area contributed by atoms with E-state index >= 15 is 0 Å². The summed E-state index contributed by atoms with van der Waals surface area (Å²) in [5.41, 5.74) is 1.77. The minimum atomic E-state index is -0.383. The van der Waals surface area contributed by atoms with Gasteiger partial charge in [0, 0.05) is 6.42 Å². The smallest absolute Gasteiger partial charge is 0.0857 e. The van der Waals surface area contributed by atoms with E-state index in [1.807, 2.05) is 36.5 Å². The molecule has 0 bridgehead atoms. The highest BCUT2D eigenvalue weighted by Crippen LogP contribution is 2.06. The third kappa shape index (κ3) is 2.41. The van der Waals surface area contributed by atoms with Crippen molar-refractivity contribution in [3.63, 3.8) is 0 Å². The molecule has 0 saturated heterocycles. The van der Waals surface area contributed by atoms with Crippen molar-refractivity contribution in [3.8, 4) is 5.69 Å². The van der Waals surface area contributed by atoms with Crippen LogP contribution in [0.3, 0.4) is 0 Å². The fourth-order valence-corrected chi connectivity index (χ4v) is 1.40. The lowest BCUT2D eigenvalue weighted by atomic mass is 10.2. The van der Waals surface area contributed by atoms with Gasteiger partial charge in [0.25, 0.3) is 0 Å². The minimum absolute atomic E-state index is 0.383. The molecule has 0 radical (unpaired) electrons. The Labute approximate surface area is 88.2 Å². The van der Waals surface area contributed by atoms with Gasteiger partial charge in [-0.1, -0.05) is 23.4 Å². The van der Waals surface area contributed by atoms with E-state index in [0.717, 1.165) is 11.4 Å². The number of nitrogens with zero attached hydrogens (tertiary/aromatic N) is 3. The molecule has 0 aliphatic heterocycles. The van der Waals surface area contributed by atoms with E-state index in [1.165, 1.54) is 0 Å². The lowest BCUT2D eigenvalue weighted by Crippen LogP contribution is -2.04. The highest BCUT2D eigenvalue weighted by molar-refractivity contribution is 5.29. The number of hydrogen-bond donors (Lipinski definition) is 1.